The van der Waals surface area contributed by atoms with Crippen LogP contribution in [0.5, 0.6) is 0 Å². The minimum Gasteiger partial charge on any atom is -0.362 e. The van der Waals surface area contributed by atoms with E-state index >= 15 is 0 Å². The highest BCUT2D eigenvalue weighted by Crippen LogP contribution is 2.50. The van der Waals surface area contributed by atoms with Crippen LogP contribution >= 0.6 is 0 Å². The smallest absolute Gasteiger partial charge is 0.162 e. The first-order chi connectivity index (χ1) is 12.6. The zero-order chi connectivity index (χ0) is 19.6. The number of carbonyl (C=O) groups excluding carboxylic acids is 2. The van der Waals surface area contributed by atoms with E-state index in [-0.39, 0.29) is 28.3 Å². The Hall–Kier alpha value is -2.16. The third-order valence-electron chi connectivity index (χ3n) is 6.09. The lowest BCUT2D eigenvalue weighted by Crippen LogP contribution is -2.42. The molecular formula is C24H29NO2. The van der Waals surface area contributed by atoms with Crippen LogP contribution in [0.4, 0.5) is 0 Å². The molecule has 4 rings (SSSR count). The predicted octanol–water partition coefficient (Wildman–Crippen LogP) is 4.97. The Morgan fingerprint density at radius 2 is 1.37 bits per heavy atom. The van der Waals surface area contributed by atoms with Gasteiger partial charge in [-0.1, -0.05) is 57.5 Å². The first kappa shape index (κ1) is 18.2. The largest absolute Gasteiger partial charge is 0.362 e. The fourth-order valence-corrected chi connectivity index (χ4v) is 5.07. The van der Waals surface area contributed by atoms with Gasteiger partial charge >= 0.3 is 0 Å². The van der Waals surface area contributed by atoms with E-state index in [0.717, 1.165) is 46.5 Å². The van der Waals surface area contributed by atoms with Crippen LogP contribution in [-0.4, -0.2) is 11.6 Å². The second-order valence-electron chi connectivity index (χ2n) is 10.1. The molecule has 0 saturated carbocycles. The summed E-state index contributed by atoms with van der Waals surface area (Å²) in [5, 5.41) is 3.56. The lowest BCUT2D eigenvalue weighted by atomic mass is 9.64. The van der Waals surface area contributed by atoms with Crippen molar-refractivity contribution in [2.75, 3.05) is 0 Å². The summed E-state index contributed by atoms with van der Waals surface area (Å²) < 4.78 is 0. The summed E-state index contributed by atoms with van der Waals surface area (Å²) in [6.45, 7) is 10.7. The number of benzene rings is 1. The van der Waals surface area contributed by atoms with Gasteiger partial charge in [0, 0.05) is 41.3 Å². The van der Waals surface area contributed by atoms with E-state index in [9.17, 15) is 9.59 Å². The minimum absolute atomic E-state index is 0.0493. The van der Waals surface area contributed by atoms with E-state index in [0.29, 0.717) is 12.8 Å². The fraction of sp³-hybridized carbons (Fsp3) is 0.500. The summed E-state index contributed by atoms with van der Waals surface area (Å²) in [4.78, 5) is 26.4. The molecular weight excluding hydrogens is 334 g/mol. The lowest BCUT2D eigenvalue weighted by molar-refractivity contribution is -0.119. The number of ketones is 2. The van der Waals surface area contributed by atoms with Gasteiger partial charge in [0.15, 0.2) is 11.6 Å². The van der Waals surface area contributed by atoms with Gasteiger partial charge in [-0.2, -0.15) is 0 Å². The number of hydrogen-bond donors (Lipinski definition) is 1. The van der Waals surface area contributed by atoms with Crippen molar-refractivity contribution in [3.63, 3.8) is 0 Å². The van der Waals surface area contributed by atoms with Gasteiger partial charge in [0.1, 0.15) is 0 Å². The number of Topliss-reactive ketones (excluding diaryl/α,β-unsaturated/α-hetero) is 2. The molecule has 3 nitrogen and oxygen atoms in total. The van der Waals surface area contributed by atoms with Crippen LogP contribution in [-0.2, 0) is 9.59 Å². The van der Waals surface area contributed by atoms with Crippen molar-refractivity contribution >= 4 is 11.6 Å². The first-order valence-corrected chi connectivity index (χ1v) is 9.92. The number of allylic oxidation sites excluding steroid dienone is 4. The summed E-state index contributed by atoms with van der Waals surface area (Å²) in [7, 11) is 0. The maximum Gasteiger partial charge on any atom is 0.162 e. The molecule has 3 heteroatoms. The van der Waals surface area contributed by atoms with E-state index in [1.807, 2.05) is 6.07 Å². The molecule has 142 valence electrons. The number of aryl methyl sites for hydroxylation is 1. The molecule has 1 heterocycles. The molecule has 1 N–H and O–H groups in total. The van der Waals surface area contributed by atoms with Gasteiger partial charge in [-0.25, -0.2) is 0 Å². The lowest BCUT2D eigenvalue weighted by Gasteiger charge is -2.44. The Labute approximate surface area is 161 Å². The molecule has 27 heavy (non-hydrogen) atoms. The fourth-order valence-electron chi connectivity index (χ4n) is 5.07. The standard InChI is InChI=1S/C24H29NO2/c1-14-7-6-8-15(9-14)20-21-16(10-23(2,3)12-18(21)26)25-17-11-24(4,5)13-19(27)22(17)20/h6-9,20,25H,10-13H2,1-5H3. The number of carbonyl (C=O) groups is 2. The third-order valence-corrected chi connectivity index (χ3v) is 6.09. The number of rotatable bonds is 1. The predicted molar refractivity (Wildman–Crippen MR) is 107 cm³/mol. The summed E-state index contributed by atoms with van der Waals surface area (Å²) in [6.07, 6.45) is 2.78. The Bertz CT molecular complexity index is 862. The summed E-state index contributed by atoms with van der Waals surface area (Å²) >= 11 is 0. The molecule has 2 aliphatic carbocycles. The van der Waals surface area contributed by atoms with Crippen LogP contribution in [0.25, 0.3) is 0 Å². The average molecular weight is 364 g/mol. The maximum absolute atomic E-state index is 13.2. The van der Waals surface area contributed by atoms with Gasteiger partial charge in [0.25, 0.3) is 0 Å². The zero-order valence-electron chi connectivity index (χ0n) is 17.0. The van der Waals surface area contributed by atoms with Crippen molar-refractivity contribution in [1.82, 2.24) is 5.32 Å². The van der Waals surface area contributed by atoms with E-state index in [1.165, 1.54) is 0 Å². The average Bonchev–Trinajstić information content (AvgIpc) is 2.50. The molecule has 0 saturated heterocycles. The molecule has 1 aromatic carbocycles. The third kappa shape index (κ3) is 3.18. The zero-order valence-corrected chi connectivity index (χ0v) is 17.0. The summed E-state index contributed by atoms with van der Waals surface area (Å²) in [6, 6.07) is 8.29. The van der Waals surface area contributed by atoms with Crippen molar-refractivity contribution < 1.29 is 9.59 Å². The first-order valence-electron chi connectivity index (χ1n) is 9.92. The highest BCUT2D eigenvalue weighted by atomic mass is 16.1. The molecule has 0 amide bonds. The maximum atomic E-state index is 13.2. The molecule has 3 aliphatic rings. The highest BCUT2D eigenvalue weighted by Gasteiger charge is 2.46. The molecule has 0 atom stereocenters. The van der Waals surface area contributed by atoms with E-state index in [1.54, 1.807) is 0 Å². The quantitative estimate of drug-likeness (QED) is 0.766. The minimum atomic E-state index is -0.219. The Morgan fingerprint density at radius 3 is 1.85 bits per heavy atom. The Balaban J connectivity index is 1.92. The molecule has 0 spiro atoms. The molecule has 1 aliphatic heterocycles. The Kier molecular flexibility index (Phi) is 3.99. The number of nitrogens with one attached hydrogen (secondary N) is 1. The van der Waals surface area contributed by atoms with Crippen molar-refractivity contribution in [3.05, 3.63) is 57.9 Å². The molecule has 0 aromatic heterocycles. The van der Waals surface area contributed by atoms with Gasteiger partial charge in [-0.05, 0) is 36.2 Å². The molecule has 0 unspecified atom stereocenters. The topological polar surface area (TPSA) is 46.2 Å². The van der Waals surface area contributed by atoms with Crippen LogP contribution < -0.4 is 5.32 Å². The molecule has 1 aromatic rings. The molecule has 0 radical (unpaired) electrons. The van der Waals surface area contributed by atoms with Gasteiger partial charge in [0.05, 0.1) is 0 Å². The second-order valence-corrected chi connectivity index (χ2v) is 10.1. The molecule has 0 bridgehead atoms. The van der Waals surface area contributed by atoms with Crippen molar-refractivity contribution in [3.8, 4) is 0 Å². The SMILES string of the molecule is Cc1cccc(C2C3=C(CC(C)(C)CC3=O)NC3=C2C(=O)CC(C)(C)C3)c1. The monoisotopic (exact) mass is 363 g/mol. The van der Waals surface area contributed by atoms with Crippen molar-refractivity contribution in [2.45, 2.75) is 66.2 Å². The number of hydrogen-bond acceptors (Lipinski definition) is 3. The van der Waals surface area contributed by atoms with Gasteiger partial charge in [0.2, 0.25) is 0 Å². The van der Waals surface area contributed by atoms with E-state index < -0.39 is 0 Å². The van der Waals surface area contributed by atoms with Gasteiger partial charge < -0.3 is 5.32 Å². The van der Waals surface area contributed by atoms with Crippen LogP contribution in [0, 0.1) is 17.8 Å². The van der Waals surface area contributed by atoms with E-state index in [4.69, 9.17) is 0 Å². The van der Waals surface area contributed by atoms with Crippen molar-refractivity contribution in [1.29, 1.82) is 0 Å². The second kappa shape index (κ2) is 5.92. The van der Waals surface area contributed by atoms with Gasteiger partial charge in [-0.3, -0.25) is 9.59 Å². The summed E-state index contributed by atoms with van der Waals surface area (Å²) in [5.74, 6) is 0.150. The highest BCUT2D eigenvalue weighted by molar-refractivity contribution is 6.06. The molecule has 0 fully saturated rings. The van der Waals surface area contributed by atoms with Crippen LogP contribution in [0.3, 0.4) is 0 Å². The van der Waals surface area contributed by atoms with E-state index in [2.05, 4.69) is 58.1 Å². The normalized spacial score (nSPS) is 24.5. The van der Waals surface area contributed by atoms with Crippen LogP contribution in [0.15, 0.2) is 46.8 Å². The summed E-state index contributed by atoms with van der Waals surface area (Å²) in [5.41, 5.74) is 5.84. The van der Waals surface area contributed by atoms with Crippen LogP contribution in [0.2, 0.25) is 0 Å². The van der Waals surface area contributed by atoms with Crippen LogP contribution in [0.1, 0.15) is 70.4 Å². The van der Waals surface area contributed by atoms with Gasteiger partial charge in [-0.15, -0.1) is 0 Å². The number of dihydropyridines is 1. The Morgan fingerprint density at radius 1 is 0.852 bits per heavy atom. The van der Waals surface area contributed by atoms with Crippen molar-refractivity contribution in [2.24, 2.45) is 10.8 Å².